The zero-order valence-electron chi connectivity index (χ0n) is 14.6. The van der Waals surface area contributed by atoms with Gasteiger partial charge < -0.3 is 10.2 Å². The number of fused-ring (bicyclic) bond motifs is 3. The molecule has 1 aromatic carbocycles. The lowest BCUT2D eigenvalue weighted by atomic mass is 9.45. The maximum atomic E-state index is 10.1. The van der Waals surface area contributed by atoms with Gasteiger partial charge in [0.1, 0.15) is 0 Å². The van der Waals surface area contributed by atoms with Crippen LogP contribution < -0.4 is 0 Å². The molecule has 0 radical (unpaired) electrons. The molecule has 0 heterocycles. The summed E-state index contributed by atoms with van der Waals surface area (Å²) in [7, 11) is 0. The predicted octanol–water partition coefficient (Wildman–Crippen LogP) is 5.15. The average Bonchev–Trinajstić information content (AvgIpc) is 2.42. The largest absolute Gasteiger partial charge is 0.504 e. The van der Waals surface area contributed by atoms with Crippen molar-refractivity contribution in [3.05, 3.63) is 28.8 Å². The first-order chi connectivity index (χ1) is 10.0. The second-order valence-electron chi connectivity index (χ2n) is 8.69. The van der Waals surface area contributed by atoms with Crippen LogP contribution in [0.2, 0.25) is 0 Å². The third kappa shape index (κ3) is 1.73. The molecular weight excluding hydrogens is 272 g/mol. The first kappa shape index (κ1) is 15.5. The molecule has 2 aliphatic rings. The quantitative estimate of drug-likeness (QED) is 0.650. The van der Waals surface area contributed by atoms with Crippen LogP contribution in [0, 0.1) is 23.7 Å². The molecule has 0 aromatic heterocycles. The van der Waals surface area contributed by atoms with E-state index in [4.69, 9.17) is 0 Å². The van der Waals surface area contributed by atoms with Gasteiger partial charge in [-0.05, 0) is 53.7 Å². The molecule has 0 spiro atoms. The molecule has 1 aromatic rings. The van der Waals surface area contributed by atoms with Crippen LogP contribution in [0.3, 0.4) is 0 Å². The molecule has 0 aliphatic heterocycles. The summed E-state index contributed by atoms with van der Waals surface area (Å²) in [6.45, 7) is 13.7. The third-order valence-corrected chi connectivity index (χ3v) is 7.12. The van der Waals surface area contributed by atoms with Gasteiger partial charge in [0.2, 0.25) is 0 Å². The van der Waals surface area contributed by atoms with Gasteiger partial charge in [0.25, 0.3) is 0 Å². The van der Waals surface area contributed by atoms with Gasteiger partial charge in [0.05, 0.1) is 0 Å². The number of allylic oxidation sites excluding steroid dienone is 1. The van der Waals surface area contributed by atoms with Crippen LogP contribution in [0.5, 0.6) is 11.5 Å². The minimum atomic E-state index is 0.00849. The highest BCUT2D eigenvalue weighted by atomic mass is 16.3. The Labute approximate surface area is 133 Å². The molecule has 2 aliphatic carbocycles. The molecule has 1 saturated carbocycles. The lowest BCUT2D eigenvalue weighted by Gasteiger charge is -2.59. The molecule has 0 saturated heterocycles. The molecule has 120 valence electrons. The van der Waals surface area contributed by atoms with Crippen LogP contribution in [0.1, 0.15) is 64.2 Å². The fraction of sp³-hybridized carbons (Fsp3) is 0.600. The van der Waals surface area contributed by atoms with E-state index in [1.807, 2.05) is 6.92 Å². The summed E-state index contributed by atoms with van der Waals surface area (Å²) in [5.74, 6) is 0.453. The van der Waals surface area contributed by atoms with E-state index in [2.05, 4.69) is 46.8 Å². The molecule has 0 amide bonds. The lowest BCUT2D eigenvalue weighted by molar-refractivity contribution is -0.0345. The number of benzene rings is 1. The second kappa shape index (κ2) is 4.31. The van der Waals surface area contributed by atoms with Gasteiger partial charge in [-0.1, -0.05) is 46.8 Å². The van der Waals surface area contributed by atoms with E-state index in [-0.39, 0.29) is 27.7 Å². The molecule has 1 fully saturated rings. The van der Waals surface area contributed by atoms with Crippen molar-refractivity contribution in [2.24, 2.45) is 16.7 Å². The normalized spacial score (nSPS) is 31.5. The predicted molar refractivity (Wildman–Crippen MR) is 91.2 cm³/mol. The summed E-state index contributed by atoms with van der Waals surface area (Å²) in [5.41, 5.74) is 3.54. The zero-order valence-corrected chi connectivity index (χ0v) is 14.6. The summed E-state index contributed by atoms with van der Waals surface area (Å²) in [6.07, 6.45) is 6.77. The Morgan fingerprint density at radius 2 is 1.68 bits per heavy atom. The van der Waals surface area contributed by atoms with E-state index < -0.39 is 0 Å². The number of aromatic hydroxyl groups is 2. The number of hydrogen-bond acceptors (Lipinski definition) is 2. The van der Waals surface area contributed by atoms with Gasteiger partial charge in [-0.3, -0.25) is 0 Å². The number of phenolic OH excluding ortho intramolecular Hbond substituents is 2. The maximum Gasteiger partial charge on any atom is 0.161 e. The van der Waals surface area contributed by atoms with Crippen LogP contribution in [0.15, 0.2) is 12.1 Å². The topological polar surface area (TPSA) is 40.5 Å². The monoisotopic (exact) mass is 300 g/mol. The van der Waals surface area contributed by atoms with Crippen molar-refractivity contribution in [1.29, 1.82) is 0 Å². The van der Waals surface area contributed by atoms with Crippen LogP contribution in [0.25, 0.3) is 6.08 Å². The lowest BCUT2D eigenvalue weighted by Crippen LogP contribution is -2.53. The zero-order chi connectivity index (χ0) is 16.5. The Bertz CT molecular complexity index is 667. The minimum Gasteiger partial charge on any atom is -0.504 e. The van der Waals surface area contributed by atoms with Gasteiger partial charge in [-0.2, -0.15) is 0 Å². The highest BCUT2D eigenvalue weighted by Gasteiger charge is 2.55. The van der Waals surface area contributed by atoms with E-state index in [0.29, 0.717) is 5.92 Å². The van der Waals surface area contributed by atoms with E-state index in [1.54, 1.807) is 6.07 Å². The van der Waals surface area contributed by atoms with Crippen LogP contribution in [0.4, 0.5) is 0 Å². The maximum absolute atomic E-state index is 10.1. The fourth-order valence-corrected chi connectivity index (χ4v) is 4.71. The van der Waals surface area contributed by atoms with Gasteiger partial charge in [0.15, 0.2) is 11.5 Å². The van der Waals surface area contributed by atoms with Gasteiger partial charge >= 0.3 is 0 Å². The van der Waals surface area contributed by atoms with Gasteiger partial charge in [-0.25, -0.2) is 0 Å². The van der Waals surface area contributed by atoms with Crippen molar-refractivity contribution in [1.82, 2.24) is 0 Å². The molecule has 2 heteroatoms. The van der Waals surface area contributed by atoms with Gasteiger partial charge in [0, 0.05) is 11.0 Å². The number of hydrogen-bond donors (Lipinski definition) is 2. The van der Waals surface area contributed by atoms with Crippen molar-refractivity contribution in [3.63, 3.8) is 0 Å². The van der Waals surface area contributed by atoms with Crippen molar-refractivity contribution in [2.75, 3.05) is 0 Å². The molecular formula is C20H28O2. The minimum absolute atomic E-state index is 0.00849. The molecule has 0 bridgehead atoms. The van der Waals surface area contributed by atoms with Crippen molar-refractivity contribution in [2.45, 2.75) is 59.8 Å². The highest BCUT2D eigenvalue weighted by molar-refractivity contribution is 5.69. The van der Waals surface area contributed by atoms with E-state index in [9.17, 15) is 10.2 Å². The smallest absolute Gasteiger partial charge is 0.161 e. The Balaban J connectivity index is 2.24. The second-order valence-corrected chi connectivity index (χ2v) is 8.69. The molecule has 2 unspecified atom stereocenters. The first-order valence-electron chi connectivity index (χ1n) is 8.26. The van der Waals surface area contributed by atoms with Gasteiger partial charge in [-0.15, -0.1) is 0 Å². The SMILES string of the molecule is Cc1c(O)c(O)cc2c1C=CC1C2(C)CCC(C)(C)C1(C)C. The Morgan fingerprint density at radius 3 is 2.32 bits per heavy atom. The fourth-order valence-electron chi connectivity index (χ4n) is 4.71. The Kier molecular flexibility index (Phi) is 3.02. The Hall–Kier alpha value is -1.44. The molecule has 2 N–H and O–H groups in total. The molecule has 2 atom stereocenters. The summed E-state index contributed by atoms with van der Waals surface area (Å²) in [5, 5.41) is 20.2. The molecule has 22 heavy (non-hydrogen) atoms. The van der Waals surface area contributed by atoms with Crippen molar-refractivity contribution < 1.29 is 10.2 Å². The third-order valence-electron chi connectivity index (χ3n) is 7.12. The van der Waals surface area contributed by atoms with Crippen LogP contribution >= 0.6 is 0 Å². The standard InChI is InChI=1S/C20H28O2/c1-12-13-7-8-16-19(4,5)18(2,3)9-10-20(16,6)14(13)11-15(21)17(12)22/h7-8,11,16,21-22H,9-10H2,1-6H3. The average molecular weight is 300 g/mol. The number of phenols is 2. The molecule has 2 nitrogen and oxygen atoms in total. The van der Waals surface area contributed by atoms with Crippen LogP contribution in [-0.2, 0) is 5.41 Å². The van der Waals surface area contributed by atoms with Crippen LogP contribution in [-0.4, -0.2) is 10.2 Å². The van der Waals surface area contributed by atoms with Crippen molar-refractivity contribution in [3.8, 4) is 11.5 Å². The summed E-state index contributed by atoms with van der Waals surface area (Å²) in [4.78, 5) is 0. The summed E-state index contributed by atoms with van der Waals surface area (Å²) < 4.78 is 0. The van der Waals surface area contributed by atoms with E-state index in [0.717, 1.165) is 17.5 Å². The first-order valence-corrected chi connectivity index (χ1v) is 8.26. The molecule has 3 rings (SSSR count). The van der Waals surface area contributed by atoms with E-state index in [1.165, 1.54) is 12.0 Å². The summed E-state index contributed by atoms with van der Waals surface area (Å²) in [6, 6.07) is 1.79. The summed E-state index contributed by atoms with van der Waals surface area (Å²) >= 11 is 0. The van der Waals surface area contributed by atoms with Crippen molar-refractivity contribution >= 4 is 6.08 Å². The highest BCUT2D eigenvalue weighted by Crippen LogP contribution is 2.63. The van der Waals surface area contributed by atoms with E-state index >= 15 is 0 Å². The number of rotatable bonds is 0. The Morgan fingerprint density at radius 1 is 1.05 bits per heavy atom.